The molecule has 0 saturated carbocycles. The number of nitrogens with zero attached hydrogens (tertiary/aromatic N) is 1. The fraction of sp³-hybridized carbons (Fsp3) is 0.500. The summed E-state index contributed by atoms with van der Waals surface area (Å²) in [6.07, 6.45) is -0.0459. The molecule has 0 aliphatic heterocycles. The van der Waals surface area contributed by atoms with Crippen LogP contribution in [0, 0.1) is 0 Å². The SMILES string of the molecule is CCCN(C(=O)OC(C)(C)C)C(C(=O)O)c1ccc(Cl)c(Br)c1. The smallest absolute Gasteiger partial charge is 0.411 e. The Bertz CT molecular complexity index is 586. The molecule has 0 saturated heterocycles. The number of carboxylic acids is 1. The second-order valence-electron chi connectivity index (χ2n) is 6.09. The topological polar surface area (TPSA) is 66.8 Å². The predicted octanol–water partition coefficient (Wildman–Crippen LogP) is 4.88. The van der Waals surface area contributed by atoms with Crippen molar-refractivity contribution in [3.63, 3.8) is 0 Å². The van der Waals surface area contributed by atoms with Crippen LogP contribution < -0.4 is 0 Å². The van der Waals surface area contributed by atoms with Crippen LogP contribution >= 0.6 is 27.5 Å². The molecule has 0 aliphatic carbocycles. The van der Waals surface area contributed by atoms with E-state index in [-0.39, 0.29) is 6.54 Å². The maximum Gasteiger partial charge on any atom is 0.411 e. The summed E-state index contributed by atoms with van der Waals surface area (Å²) in [5.41, 5.74) is -0.250. The highest BCUT2D eigenvalue weighted by Gasteiger charge is 2.33. The number of carboxylic acid groups (broad SMARTS) is 1. The van der Waals surface area contributed by atoms with Crippen molar-refractivity contribution in [2.75, 3.05) is 6.54 Å². The molecule has 0 bridgehead atoms. The zero-order valence-electron chi connectivity index (χ0n) is 13.6. The Labute approximate surface area is 149 Å². The molecule has 0 heterocycles. The first-order chi connectivity index (χ1) is 10.6. The summed E-state index contributed by atoms with van der Waals surface area (Å²) < 4.78 is 5.92. The molecule has 0 aliphatic rings. The van der Waals surface area contributed by atoms with E-state index in [0.29, 0.717) is 21.5 Å². The Balaban J connectivity index is 3.23. The van der Waals surface area contributed by atoms with E-state index < -0.39 is 23.7 Å². The fourth-order valence-electron chi connectivity index (χ4n) is 2.03. The average Bonchev–Trinajstić information content (AvgIpc) is 2.39. The van der Waals surface area contributed by atoms with E-state index in [2.05, 4.69) is 15.9 Å². The van der Waals surface area contributed by atoms with Crippen LogP contribution in [-0.2, 0) is 9.53 Å². The van der Waals surface area contributed by atoms with Crippen molar-refractivity contribution in [3.05, 3.63) is 33.3 Å². The average molecular weight is 407 g/mol. The summed E-state index contributed by atoms with van der Waals surface area (Å²) in [6, 6.07) is 3.65. The zero-order chi connectivity index (χ0) is 17.8. The molecule has 0 spiro atoms. The lowest BCUT2D eigenvalue weighted by Crippen LogP contribution is -2.42. The van der Waals surface area contributed by atoms with E-state index in [1.807, 2.05) is 6.92 Å². The molecular weight excluding hydrogens is 386 g/mol. The minimum absolute atomic E-state index is 0.270. The third-order valence-corrected chi connectivity index (χ3v) is 4.11. The van der Waals surface area contributed by atoms with Crippen LogP contribution in [-0.4, -0.2) is 34.2 Å². The van der Waals surface area contributed by atoms with E-state index in [4.69, 9.17) is 16.3 Å². The van der Waals surface area contributed by atoms with Crippen molar-refractivity contribution >= 4 is 39.6 Å². The number of halogens is 2. The van der Waals surface area contributed by atoms with Crippen LogP contribution in [0.1, 0.15) is 45.7 Å². The first-order valence-corrected chi connectivity index (χ1v) is 8.41. The minimum atomic E-state index is -1.14. The molecule has 7 heteroatoms. The quantitative estimate of drug-likeness (QED) is 0.757. The molecule has 1 unspecified atom stereocenters. The van der Waals surface area contributed by atoms with Crippen LogP contribution in [0.5, 0.6) is 0 Å². The van der Waals surface area contributed by atoms with Crippen LogP contribution in [0.3, 0.4) is 0 Å². The van der Waals surface area contributed by atoms with Gasteiger partial charge in [0.15, 0.2) is 6.04 Å². The number of hydrogen-bond donors (Lipinski definition) is 1. The predicted molar refractivity (Wildman–Crippen MR) is 92.8 cm³/mol. The first kappa shape index (κ1) is 19.8. The van der Waals surface area contributed by atoms with Crippen molar-refractivity contribution in [2.45, 2.75) is 45.8 Å². The van der Waals surface area contributed by atoms with Crippen LogP contribution in [0.15, 0.2) is 22.7 Å². The van der Waals surface area contributed by atoms with Crippen molar-refractivity contribution in [3.8, 4) is 0 Å². The minimum Gasteiger partial charge on any atom is -0.479 e. The largest absolute Gasteiger partial charge is 0.479 e. The van der Waals surface area contributed by atoms with Gasteiger partial charge in [0, 0.05) is 11.0 Å². The molecule has 128 valence electrons. The number of rotatable bonds is 5. The summed E-state index contributed by atoms with van der Waals surface area (Å²) in [6.45, 7) is 7.36. The van der Waals surface area contributed by atoms with Gasteiger partial charge >= 0.3 is 12.1 Å². The second-order valence-corrected chi connectivity index (χ2v) is 7.35. The molecular formula is C16H21BrClNO4. The molecule has 1 N–H and O–H groups in total. The maximum atomic E-state index is 12.4. The van der Waals surface area contributed by atoms with Crippen LogP contribution in [0.4, 0.5) is 4.79 Å². The summed E-state index contributed by atoms with van der Waals surface area (Å²) >= 11 is 9.23. The number of carbonyl (C=O) groups is 2. The number of hydrogen-bond acceptors (Lipinski definition) is 3. The first-order valence-electron chi connectivity index (χ1n) is 7.24. The molecule has 0 aromatic heterocycles. The lowest BCUT2D eigenvalue weighted by atomic mass is 10.1. The lowest BCUT2D eigenvalue weighted by molar-refractivity contribution is -0.143. The summed E-state index contributed by atoms with van der Waals surface area (Å²) in [7, 11) is 0. The van der Waals surface area contributed by atoms with Gasteiger partial charge in [-0.2, -0.15) is 0 Å². The van der Waals surface area contributed by atoms with Gasteiger partial charge in [0.05, 0.1) is 5.02 Å². The lowest BCUT2D eigenvalue weighted by Gasteiger charge is -2.31. The summed E-state index contributed by atoms with van der Waals surface area (Å²) in [4.78, 5) is 25.4. The van der Waals surface area contributed by atoms with E-state index in [1.165, 1.54) is 4.90 Å². The van der Waals surface area contributed by atoms with E-state index >= 15 is 0 Å². The molecule has 0 fully saturated rings. The fourth-order valence-corrected chi connectivity index (χ4v) is 2.54. The third kappa shape index (κ3) is 5.70. The van der Waals surface area contributed by atoms with Crippen molar-refractivity contribution in [1.29, 1.82) is 0 Å². The van der Waals surface area contributed by atoms with Gasteiger partial charge < -0.3 is 9.84 Å². The number of ether oxygens (including phenoxy) is 1. The summed E-state index contributed by atoms with van der Waals surface area (Å²) in [5.74, 6) is -1.13. The van der Waals surface area contributed by atoms with Crippen molar-refractivity contribution in [1.82, 2.24) is 4.90 Å². The Hall–Kier alpha value is -1.27. The Morgan fingerprint density at radius 2 is 2.00 bits per heavy atom. The van der Waals surface area contributed by atoms with E-state index in [1.54, 1.807) is 39.0 Å². The highest BCUT2D eigenvalue weighted by atomic mass is 79.9. The van der Waals surface area contributed by atoms with Crippen molar-refractivity contribution < 1.29 is 19.4 Å². The molecule has 1 aromatic rings. The van der Waals surface area contributed by atoms with E-state index in [9.17, 15) is 14.7 Å². The standard InChI is InChI=1S/C16H21BrClNO4/c1-5-8-19(15(22)23-16(2,3)4)13(14(20)21)10-6-7-12(18)11(17)9-10/h6-7,9,13H,5,8H2,1-4H3,(H,20,21). The highest BCUT2D eigenvalue weighted by molar-refractivity contribution is 9.10. The van der Waals surface area contributed by atoms with Gasteiger partial charge in [-0.25, -0.2) is 9.59 Å². The molecule has 0 radical (unpaired) electrons. The Morgan fingerprint density at radius 3 is 2.43 bits per heavy atom. The van der Waals surface area contributed by atoms with Crippen molar-refractivity contribution in [2.24, 2.45) is 0 Å². The number of aliphatic carboxylic acids is 1. The molecule has 1 aromatic carbocycles. The van der Waals surface area contributed by atoms with Gasteiger partial charge in [-0.3, -0.25) is 4.90 Å². The number of benzene rings is 1. The molecule has 1 rings (SSSR count). The normalized spacial score (nSPS) is 12.6. The van der Waals surface area contributed by atoms with Crippen LogP contribution in [0.25, 0.3) is 0 Å². The monoisotopic (exact) mass is 405 g/mol. The van der Waals surface area contributed by atoms with Crippen LogP contribution in [0.2, 0.25) is 5.02 Å². The van der Waals surface area contributed by atoms with Gasteiger partial charge in [-0.1, -0.05) is 24.6 Å². The maximum absolute atomic E-state index is 12.4. The third-order valence-electron chi connectivity index (χ3n) is 2.90. The van der Waals surface area contributed by atoms with Gasteiger partial charge in [-0.05, 0) is 60.8 Å². The van der Waals surface area contributed by atoms with Gasteiger partial charge in [0.25, 0.3) is 0 Å². The zero-order valence-corrected chi connectivity index (χ0v) is 15.9. The number of amides is 1. The molecule has 5 nitrogen and oxygen atoms in total. The van der Waals surface area contributed by atoms with Gasteiger partial charge in [0.1, 0.15) is 5.60 Å². The molecule has 23 heavy (non-hydrogen) atoms. The Kier molecular flexibility index (Phi) is 6.89. The van der Waals surface area contributed by atoms with Gasteiger partial charge in [-0.15, -0.1) is 0 Å². The molecule has 1 atom stereocenters. The van der Waals surface area contributed by atoms with E-state index in [0.717, 1.165) is 0 Å². The second kappa shape index (κ2) is 8.02. The van der Waals surface area contributed by atoms with Gasteiger partial charge in [0.2, 0.25) is 0 Å². The summed E-state index contributed by atoms with van der Waals surface area (Å²) in [5, 5.41) is 10.1. The Morgan fingerprint density at radius 1 is 1.39 bits per heavy atom. The highest BCUT2D eigenvalue weighted by Crippen LogP contribution is 2.30. The number of carbonyl (C=O) groups excluding carboxylic acids is 1. The molecule has 1 amide bonds.